The van der Waals surface area contributed by atoms with Gasteiger partial charge in [0.15, 0.2) is 0 Å². The average molecular weight is 220 g/mol. The van der Waals surface area contributed by atoms with Crippen LogP contribution in [0.3, 0.4) is 0 Å². The summed E-state index contributed by atoms with van der Waals surface area (Å²) in [6.45, 7) is 0.784. The summed E-state index contributed by atoms with van der Waals surface area (Å²) in [5.74, 6) is -0.655. The molecule has 0 aliphatic rings. The van der Waals surface area contributed by atoms with Crippen molar-refractivity contribution in [2.24, 2.45) is 0 Å². The molecule has 0 rings (SSSR count). The highest BCUT2D eigenvalue weighted by Gasteiger charge is 2.09. The minimum atomic E-state index is -0.655. The van der Waals surface area contributed by atoms with Gasteiger partial charge in [-0.25, -0.2) is 0 Å². The highest BCUT2D eigenvalue weighted by atomic mass is 16.7. The third-order valence-electron chi connectivity index (χ3n) is 1.72. The summed E-state index contributed by atoms with van der Waals surface area (Å²) in [4.78, 5) is 10.4. The van der Waals surface area contributed by atoms with Crippen molar-refractivity contribution in [2.75, 3.05) is 33.7 Å². The van der Waals surface area contributed by atoms with Crippen LogP contribution in [-0.4, -0.2) is 50.8 Å². The Kier molecular flexibility index (Phi) is 9.40. The number of methoxy groups -OCH3 is 1. The smallest absolute Gasteiger partial charge is 0.238 e. The third kappa shape index (κ3) is 9.61. The molecule has 0 heterocycles. The van der Waals surface area contributed by atoms with E-state index in [1.54, 1.807) is 7.11 Å². The molecule has 0 unspecified atom stereocenters. The van der Waals surface area contributed by atoms with E-state index in [0.29, 0.717) is 19.6 Å². The molecule has 0 saturated heterocycles. The van der Waals surface area contributed by atoms with Gasteiger partial charge in [-0.2, -0.15) is 0 Å². The van der Waals surface area contributed by atoms with Gasteiger partial charge in [-0.05, 0) is 6.42 Å². The molecule has 0 aromatic rings. The molecular weight excluding hydrogens is 202 g/mol. The predicted octanol–water partition coefficient (Wildman–Crippen LogP) is -0.426. The minimum absolute atomic E-state index is 0.0563. The van der Waals surface area contributed by atoms with E-state index < -0.39 is 12.0 Å². The SMILES string of the molecule is COCCOCO[C@@H](CO)CCC([NH])=O. The van der Waals surface area contributed by atoms with Crippen molar-refractivity contribution in [3.8, 4) is 0 Å². The van der Waals surface area contributed by atoms with Gasteiger partial charge in [-0.1, -0.05) is 0 Å². The summed E-state index contributed by atoms with van der Waals surface area (Å²) in [6.07, 6.45) is -0.0164. The van der Waals surface area contributed by atoms with Crippen LogP contribution >= 0.6 is 0 Å². The molecule has 0 saturated carbocycles. The van der Waals surface area contributed by atoms with E-state index in [4.69, 9.17) is 25.1 Å². The Balaban J connectivity index is 3.40. The summed E-state index contributed by atoms with van der Waals surface area (Å²) in [7, 11) is 1.57. The first-order valence-electron chi connectivity index (χ1n) is 4.74. The van der Waals surface area contributed by atoms with E-state index in [-0.39, 0.29) is 19.8 Å². The summed E-state index contributed by atoms with van der Waals surface area (Å²) in [5, 5.41) is 8.86. The maximum atomic E-state index is 10.4. The normalized spacial score (nSPS) is 12.7. The Hall–Kier alpha value is -0.690. The quantitative estimate of drug-likeness (QED) is 0.399. The van der Waals surface area contributed by atoms with Crippen molar-refractivity contribution >= 4 is 5.91 Å². The van der Waals surface area contributed by atoms with E-state index in [1.165, 1.54) is 0 Å². The molecular formula is C9H18NO5. The Morgan fingerprint density at radius 2 is 2.20 bits per heavy atom. The summed E-state index contributed by atoms with van der Waals surface area (Å²) < 4.78 is 14.9. The number of aliphatic hydroxyl groups excluding tert-OH is 1. The van der Waals surface area contributed by atoms with Crippen molar-refractivity contribution in [1.82, 2.24) is 5.73 Å². The first-order chi connectivity index (χ1) is 7.20. The van der Waals surface area contributed by atoms with Crippen LogP contribution in [0.5, 0.6) is 0 Å². The number of nitrogens with one attached hydrogen (secondary N) is 1. The number of ether oxygens (including phenoxy) is 3. The molecule has 1 radical (unpaired) electrons. The van der Waals surface area contributed by atoms with E-state index in [1.807, 2.05) is 0 Å². The molecule has 2 N–H and O–H groups in total. The number of rotatable bonds is 10. The lowest BCUT2D eigenvalue weighted by atomic mass is 10.2. The highest BCUT2D eigenvalue weighted by Crippen LogP contribution is 2.01. The van der Waals surface area contributed by atoms with Gasteiger partial charge in [-0.15, -0.1) is 0 Å². The van der Waals surface area contributed by atoms with Crippen LogP contribution in [0.25, 0.3) is 0 Å². The van der Waals surface area contributed by atoms with Gasteiger partial charge >= 0.3 is 0 Å². The number of carbonyl (C=O) groups is 1. The molecule has 0 aromatic heterocycles. The second-order valence-electron chi connectivity index (χ2n) is 2.95. The molecule has 0 aliphatic heterocycles. The second-order valence-corrected chi connectivity index (χ2v) is 2.95. The molecule has 0 aromatic carbocycles. The van der Waals surface area contributed by atoms with Gasteiger partial charge < -0.3 is 19.3 Å². The van der Waals surface area contributed by atoms with Crippen LogP contribution in [0.15, 0.2) is 0 Å². The number of hydrogen-bond donors (Lipinski definition) is 1. The monoisotopic (exact) mass is 220 g/mol. The van der Waals surface area contributed by atoms with E-state index in [2.05, 4.69) is 0 Å². The fourth-order valence-corrected chi connectivity index (χ4v) is 0.865. The molecule has 6 heteroatoms. The van der Waals surface area contributed by atoms with E-state index in [0.717, 1.165) is 0 Å². The fourth-order valence-electron chi connectivity index (χ4n) is 0.865. The van der Waals surface area contributed by atoms with Crippen LogP contribution in [0.1, 0.15) is 12.8 Å². The predicted molar refractivity (Wildman–Crippen MR) is 52.0 cm³/mol. The van der Waals surface area contributed by atoms with E-state index >= 15 is 0 Å². The second kappa shape index (κ2) is 9.85. The number of aliphatic hydroxyl groups is 1. The summed E-state index contributed by atoms with van der Waals surface area (Å²) in [6, 6.07) is 0. The fraction of sp³-hybridized carbons (Fsp3) is 0.889. The number of amides is 1. The molecule has 0 spiro atoms. The van der Waals surface area contributed by atoms with Crippen LogP contribution < -0.4 is 5.73 Å². The van der Waals surface area contributed by atoms with Gasteiger partial charge in [0, 0.05) is 13.5 Å². The van der Waals surface area contributed by atoms with E-state index in [9.17, 15) is 4.79 Å². The first-order valence-corrected chi connectivity index (χ1v) is 4.74. The lowest BCUT2D eigenvalue weighted by molar-refractivity contribution is -0.124. The Morgan fingerprint density at radius 1 is 1.47 bits per heavy atom. The molecule has 0 aliphatic carbocycles. The molecule has 1 amide bonds. The standard InChI is InChI=1S/C9H18NO5/c1-13-4-5-14-7-15-8(6-11)2-3-9(10)12/h8,10-11H,2-7H2,1H3/t8-/m1/s1. The van der Waals surface area contributed by atoms with Crippen molar-refractivity contribution in [1.29, 1.82) is 0 Å². The average Bonchev–Trinajstić information content (AvgIpc) is 2.22. The van der Waals surface area contributed by atoms with Crippen LogP contribution in [0, 0.1) is 0 Å². The molecule has 0 bridgehead atoms. The zero-order valence-electron chi connectivity index (χ0n) is 8.90. The van der Waals surface area contributed by atoms with Crippen LogP contribution in [0.2, 0.25) is 0 Å². The zero-order valence-corrected chi connectivity index (χ0v) is 8.90. The molecule has 6 nitrogen and oxygen atoms in total. The Labute approximate surface area is 89.3 Å². The topological polar surface area (TPSA) is 88.8 Å². The minimum Gasteiger partial charge on any atom is -0.394 e. The Morgan fingerprint density at radius 3 is 2.73 bits per heavy atom. The van der Waals surface area contributed by atoms with Gasteiger partial charge in [0.25, 0.3) is 0 Å². The van der Waals surface area contributed by atoms with Gasteiger partial charge in [-0.3, -0.25) is 10.5 Å². The van der Waals surface area contributed by atoms with Gasteiger partial charge in [0.1, 0.15) is 6.79 Å². The largest absolute Gasteiger partial charge is 0.394 e. The van der Waals surface area contributed by atoms with Crippen molar-refractivity contribution in [3.05, 3.63) is 0 Å². The molecule has 1 atom stereocenters. The highest BCUT2D eigenvalue weighted by molar-refractivity contribution is 5.72. The number of carbonyl (C=O) groups excluding carboxylic acids is 1. The first kappa shape index (κ1) is 14.3. The summed E-state index contributed by atoms with van der Waals surface area (Å²) >= 11 is 0. The van der Waals surface area contributed by atoms with Gasteiger partial charge in [0.05, 0.1) is 25.9 Å². The van der Waals surface area contributed by atoms with Crippen LogP contribution in [0.4, 0.5) is 0 Å². The maximum absolute atomic E-state index is 10.4. The lowest BCUT2D eigenvalue weighted by Gasteiger charge is -2.14. The van der Waals surface area contributed by atoms with Gasteiger partial charge in [0.2, 0.25) is 5.91 Å². The summed E-state index contributed by atoms with van der Waals surface area (Å²) in [5.41, 5.74) is 6.69. The molecule has 89 valence electrons. The van der Waals surface area contributed by atoms with Crippen molar-refractivity contribution in [3.63, 3.8) is 0 Å². The molecule has 0 fully saturated rings. The zero-order chi connectivity index (χ0) is 11.5. The lowest BCUT2D eigenvalue weighted by Crippen LogP contribution is -2.21. The Bertz CT molecular complexity index is 165. The number of hydrogen-bond acceptors (Lipinski definition) is 5. The van der Waals surface area contributed by atoms with Crippen LogP contribution in [-0.2, 0) is 19.0 Å². The van der Waals surface area contributed by atoms with Crippen molar-refractivity contribution < 1.29 is 24.1 Å². The maximum Gasteiger partial charge on any atom is 0.238 e. The molecule has 15 heavy (non-hydrogen) atoms. The van der Waals surface area contributed by atoms with Crippen molar-refractivity contribution in [2.45, 2.75) is 18.9 Å². The third-order valence-corrected chi connectivity index (χ3v) is 1.72.